The van der Waals surface area contributed by atoms with Crippen molar-refractivity contribution in [3.05, 3.63) is 88.6 Å². The van der Waals surface area contributed by atoms with Crippen molar-refractivity contribution >= 4 is 28.4 Å². The molecule has 3 aromatic carbocycles. The van der Waals surface area contributed by atoms with Crippen LogP contribution in [0, 0.1) is 0 Å². The number of ether oxygens (including phenoxy) is 3. The highest BCUT2D eigenvalue weighted by Gasteiger charge is 2.25. The molecule has 8 heteroatoms. The Balaban J connectivity index is 1.84. The number of hydrogen-bond donors (Lipinski definition) is 2. The van der Waals surface area contributed by atoms with E-state index in [0.29, 0.717) is 49.9 Å². The normalized spacial score (nSPS) is 11.6. The summed E-state index contributed by atoms with van der Waals surface area (Å²) in [4.78, 5) is 17.5. The molecule has 4 aromatic rings. The highest BCUT2D eigenvalue weighted by atomic mass is 35.5. The average Bonchev–Trinajstić information content (AvgIpc) is 2.89. The minimum atomic E-state index is -0.765. The number of aromatic hydroxyl groups is 1. The van der Waals surface area contributed by atoms with Crippen molar-refractivity contribution in [2.24, 2.45) is 0 Å². The molecule has 0 spiro atoms. The first-order valence-electron chi connectivity index (χ1n) is 10.4. The topological polar surface area (TPSA) is 89.9 Å². The molecule has 1 amide bonds. The number of fused-ring (bicyclic) bond motifs is 1. The zero-order valence-corrected chi connectivity index (χ0v) is 19.6. The van der Waals surface area contributed by atoms with E-state index < -0.39 is 6.04 Å². The molecule has 0 aliphatic carbocycles. The summed E-state index contributed by atoms with van der Waals surface area (Å²) in [6.07, 6.45) is 1.57. The monoisotopic (exact) mass is 478 g/mol. The Hall–Kier alpha value is -3.97. The lowest BCUT2D eigenvalue weighted by molar-refractivity contribution is 0.0942. The van der Waals surface area contributed by atoms with Gasteiger partial charge in [0.1, 0.15) is 17.0 Å². The minimum absolute atomic E-state index is 0.0742. The molecule has 0 saturated carbocycles. The third-order valence-corrected chi connectivity index (χ3v) is 5.84. The molecule has 0 aliphatic heterocycles. The predicted molar refractivity (Wildman–Crippen MR) is 130 cm³/mol. The lowest BCUT2D eigenvalue weighted by Crippen LogP contribution is -2.29. The maximum Gasteiger partial charge on any atom is 0.252 e. The van der Waals surface area contributed by atoms with Crippen LogP contribution in [0.3, 0.4) is 0 Å². The molecule has 174 valence electrons. The van der Waals surface area contributed by atoms with Gasteiger partial charge in [-0.1, -0.05) is 17.7 Å². The third-order valence-electron chi connectivity index (χ3n) is 5.52. The van der Waals surface area contributed by atoms with Crippen LogP contribution in [0.5, 0.6) is 23.0 Å². The summed E-state index contributed by atoms with van der Waals surface area (Å²) in [5, 5.41) is 15.2. The van der Waals surface area contributed by atoms with Crippen molar-refractivity contribution < 1.29 is 24.1 Å². The molecule has 0 fully saturated rings. The summed E-state index contributed by atoms with van der Waals surface area (Å²) in [6.45, 7) is 0. The van der Waals surface area contributed by atoms with Crippen molar-refractivity contribution in [3.8, 4) is 23.0 Å². The van der Waals surface area contributed by atoms with E-state index in [1.54, 1.807) is 81.1 Å². The zero-order valence-electron chi connectivity index (χ0n) is 18.8. The summed E-state index contributed by atoms with van der Waals surface area (Å²) in [7, 11) is 4.63. The highest BCUT2D eigenvalue weighted by molar-refractivity contribution is 6.35. The molecule has 0 bridgehead atoms. The number of nitrogens with zero attached hydrogens (tertiary/aromatic N) is 1. The number of aromatic nitrogens is 1. The molecule has 1 atom stereocenters. The van der Waals surface area contributed by atoms with Crippen molar-refractivity contribution in [2.45, 2.75) is 6.04 Å². The van der Waals surface area contributed by atoms with E-state index in [9.17, 15) is 9.90 Å². The molecule has 7 nitrogen and oxygen atoms in total. The van der Waals surface area contributed by atoms with Gasteiger partial charge in [0.05, 0.1) is 32.4 Å². The standard InChI is InChI=1S/C26H23ClN2O5/c1-32-17-9-6-15(7-10-17)26(31)29-23(16-8-11-21(33-2)22(13-16)34-3)19-14-20(27)18-5-4-12-28-24(18)25(19)30/h4-14,23,30H,1-3H3,(H,29,31)/t23-/m0/s1. The first kappa shape index (κ1) is 23.2. The first-order chi connectivity index (χ1) is 16.5. The summed E-state index contributed by atoms with van der Waals surface area (Å²) < 4.78 is 16.0. The molecule has 2 N–H and O–H groups in total. The van der Waals surface area contributed by atoms with Gasteiger partial charge in [0.2, 0.25) is 0 Å². The van der Waals surface area contributed by atoms with E-state index in [-0.39, 0.29) is 11.7 Å². The Bertz CT molecular complexity index is 1340. The number of rotatable bonds is 7. The molecule has 1 heterocycles. The Morgan fingerprint density at radius 3 is 2.38 bits per heavy atom. The molecule has 0 unspecified atom stereocenters. The number of amides is 1. The van der Waals surface area contributed by atoms with E-state index in [4.69, 9.17) is 25.8 Å². The maximum atomic E-state index is 13.2. The fourth-order valence-electron chi connectivity index (χ4n) is 3.76. The van der Waals surface area contributed by atoms with Crippen LogP contribution in [0.2, 0.25) is 5.02 Å². The Morgan fingerprint density at radius 1 is 0.971 bits per heavy atom. The Labute approximate surface area is 201 Å². The van der Waals surface area contributed by atoms with Crippen LogP contribution < -0.4 is 19.5 Å². The Morgan fingerprint density at radius 2 is 1.71 bits per heavy atom. The molecular formula is C26H23ClN2O5. The van der Waals surface area contributed by atoms with Crippen LogP contribution in [0.25, 0.3) is 10.9 Å². The Kier molecular flexibility index (Phi) is 6.75. The third kappa shape index (κ3) is 4.43. The quantitative estimate of drug-likeness (QED) is 0.382. The number of carbonyl (C=O) groups is 1. The second-order valence-electron chi connectivity index (χ2n) is 7.45. The van der Waals surface area contributed by atoms with Crippen molar-refractivity contribution in [1.82, 2.24) is 10.3 Å². The van der Waals surface area contributed by atoms with Gasteiger partial charge in [-0.15, -0.1) is 0 Å². The summed E-state index contributed by atoms with van der Waals surface area (Å²) in [5.41, 5.74) is 1.82. The zero-order chi connectivity index (χ0) is 24.2. The fourth-order valence-corrected chi connectivity index (χ4v) is 4.03. The smallest absolute Gasteiger partial charge is 0.252 e. The van der Waals surface area contributed by atoms with Gasteiger partial charge in [0.15, 0.2) is 11.5 Å². The SMILES string of the molecule is COc1ccc(C(=O)N[C@@H](c2ccc(OC)c(OC)c2)c2cc(Cl)c3cccnc3c2O)cc1. The van der Waals surface area contributed by atoms with Crippen molar-refractivity contribution in [1.29, 1.82) is 0 Å². The van der Waals surface area contributed by atoms with Crippen LogP contribution >= 0.6 is 11.6 Å². The van der Waals surface area contributed by atoms with Gasteiger partial charge in [-0.05, 0) is 60.2 Å². The van der Waals surface area contributed by atoms with Crippen LogP contribution in [0.1, 0.15) is 27.5 Å². The van der Waals surface area contributed by atoms with Gasteiger partial charge in [-0.2, -0.15) is 0 Å². The second-order valence-corrected chi connectivity index (χ2v) is 7.85. The lowest BCUT2D eigenvalue weighted by atomic mass is 9.95. The highest BCUT2D eigenvalue weighted by Crippen LogP contribution is 2.40. The van der Waals surface area contributed by atoms with Crippen molar-refractivity contribution in [3.63, 3.8) is 0 Å². The van der Waals surface area contributed by atoms with Gasteiger partial charge < -0.3 is 24.6 Å². The number of carbonyl (C=O) groups excluding carboxylic acids is 1. The number of nitrogens with one attached hydrogen (secondary N) is 1. The van der Waals surface area contributed by atoms with Gasteiger partial charge >= 0.3 is 0 Å². The molecule has 4 rings (SSSR count). The predicted octanol–water partition coefficient (Wildman–Crippen LogP) is 5.14. The van der Waals surface area contributed by atoms with E-state index in [2.05, 4.69) is 10.3 Å². The second kappa shape index (κ2) is 9.89. The van der Waals surface area contributed by atoms with Crippen LogP contribution in [0.4, 0.5) is 0 Å². The van der Waals surface area contributed by atoms with Gasteiger partial charge in [0, 0.05) is 22.7 Å². The van der Waals surface area contributed by atoms with Crippen LogP contribution in [-0.4, -0.2) is 37.3 Å². The van der Waals surface area contributed by atoms with E-state index in [1.165, 1.54) is 7.11 Å². The summed E-state index contributed by atoms with van der Waals surface area (Å²) in [6, 6.07) is 16.4. The summed E-state index contributed by atoms with van der Waals surface area (Å²) in [5.74, 6) is 1.23. The number of pyridine rings is 1. The first-order valence-corrected chi connectivity index (χ1v) is 10.8. The van der Waals surface area contributed by atoms with Gasteiger partial charge in [-0.3, -0.25) is 9.78 Å². The molecule has 1 aromatic heterocycles. The van der Waals surface area contributed by atoms with E-state index >= 15 is 0 Å². The van der Waals surface area contributed by atoms with E-state index in [0.717, 1.165) is 0 Å². The summed E-state index contributed by atoms with van der Waals surface area (Å²) >= 11 is 6.54. The van der Waals surface area contributed by atoms with Crippen LogP contribution in [-0.2, 0) is 0 Å². The molecule has 34 heavy (non-hydrogen) atoms. The van der Waals surface area contributed by atoms with Crippen LogP contribution in [0.15, 0.2) is 66.9 Å². The molecule has 0 aliphatic rings. The average molecular weight is 479 g/mol. The molecular weight excluding hydrogens is 456 g/mol. The fraction of sp³-hybridized carbons (Fsp3) is 0.154. The molecule has 0 saturated heterocycles. The number of benzene rings is 3. The largest absolute Gasteiger partial charge is 0.505 e. The number of phenols is 1. The lowest BCUT2D eigenvalue weighted by Gasteiger charge is -2.23. The number of phenolic OH excluding ortho intramolecular Hbond substituents is 1. The van der Waals surface area contributed by atoms with Gasteiger partial charge in [0.25, 0.3) is 5.91 Å². The van der Waals surface area contributed by atoms with Gasteiger partial charge in [-0.25, -0.2) is 0 Å². The van der Waals surface area contributed by atoms with Crippen molar-refractivity contribution in [2.75, 3.05) is 21.3 Å². The number of methoxy groups -OCH3 is 3. The number of hydrogen-bond acceptors (Lipinski definition) is 6. The molecule has 0 radical (unpaired) electrons. The number of halogens is 1. The van der Waals surface area contributed by atoms with E-state index in [1.807, 2.05) is 0 Å². The minimum Gasteiger partial charge on any atom is -0.505 e. The maximum absolute atomic E-state index is 13.2.